The van der Waals surface area contributed by atoms with Gasteiger partial charge in [0.1, 0.15) is 10.8 Å². The van der Waals surface area contributed by atoms with E-state index in [-0.39, 0.29) is 24.4 Å². The molecule has 3 N–H and O–H groups in total. The van der Waals surface area contributed by atoms with Crippen LogP contribution in [0, 0.1) is 0 Å². The number of carbonyl (C=O) groups excluding carboxylic acids is 1. The molecule has 3 aromatic rings. The molecule has 0 aliphatic rings. The molecule has 0 radical (unpaired) electrons. The largest absolute Gasteiger partial charge is 0.505 e. The molecule has 0 saturated carbocycles. The Morgan fingerprint density at radius 2 is 1.87 bits per heavy atom. The molecule has 30 heavy (non-hydrogen) atoms. The number of aryl methyl sites for hydroxylation is 1. The van der Waals surface area contributed by atoms with E-state index in [2.05, 4.69) is 5.32 Å². The van der Waals surface area contributed by atoms with E-state index in [0.717, 1.165) is 15.3 Å². The minimum atomic E-state index is -1.05. The smallest absolute Gasteiger partial charge is 0.327 e. The van der Waals surface area contributed by atoms with Crippen LogP contribution in [0.4, 0.5) is 15.5 Å². The van der Waals surface area contributed by atoms with Crippen LogP contribution in [-0.4, -0.2) is 33.3 Å². The molecule has 2 amide bonds. The van der Waals surface area contributed by atoms with Crippen LogP contribution in [0.25, 0.3) is 0 Å². The molecule has 8 nitrogen and oxygen atoms in total. The molecule has 0 atom stereocenters. The lowest BCUT2D eigenvalue weighted by Gasteiger charge is -2.22. The molecule has 2 heterocycles. The van der Waals surface area contributed by atoms with Crippen molar-refractivity contribution in [2.45, 2.75) is 12.8 Å². The molecule has 0 fully saturated rings. The standard InChI is InChI=1S/C21H21N3O5S/c1-23-12-10-16(25)19(20(23)28)24(21(29)22-11-9-18(26)27)17-8-7-15(30-17)13-14-5-3-2-4-6-14/h2-8,10,12,25H,9,11,13H2,1H3,(H,22,29)(H,26,27). The molecule has 156 valence electrons. The number of hydrogen-bond donors (Lipinski definition) is 3. The first-order valence-corrected chi connectivity index (χ1v) is 9.99. The van der Waals surface area contributed by atoms with Crippen molar-refractivity contribution in [1.29, 1.82) is 0 Å². The van der Waals surface area contributed by atoms with Crippen molar-refractivity contribution in [2.24, 2.45) is 7.05 Å². The summed E-state index contributed by atoms with van der Waals surface area (Å²) in [4.78, 5) is 38.4. The lowest BCUT2D eigenvalue weighted by atomic mass is 10.1. The zero-order valence-electron chi connectivity index (χ0n) is 16.2. The Balaban J connectivity index is 1.96. The maximum absolute atomic E-state index is 12.9. The van der Waals surface area contributed by atoms with E-state index in [4.69, 9.17) is 5.11 Å². The van der Waals surface area contributed by atoms with Crippen LogP contribution in [0.15, 0.2) is 59.5 Å². The molecular formula is C21H21N3O5S. The minimum absolute atomic E-state index is 0.110. The Kier molecular flexibility index (Phi) is 6.53. The van der Waals surface area contributed by atoms with E-state index in [1.54, 1.807) is 6.07 Å². The van der Waals surface area contributed by atoms with Gasteiger partial charge in [-0.1, -0.05) is 30.3 Å². The fourth-order valence-corrected chi connectivity index (χ4v) is 3.91. The number of nitrogens with zero attached hydrogens (tertiary/aromatic N) is 2. The third-order valence-electron chi connectivity index (χ3n) is 4.35. The maximum Gasteiger partial charge on any atom is 0.327 e. The Labute approximate surface area is 176 Å². The van der Waals surface area contributed by atoms with Gasteiger partial charge in [0.2, 0.25) is 0 Å². The summed E-state index contributed by atoms with van der Waals surface area (Å²) in [5.41, 5.74) is 0.351. The van der Waals surface area contributed by atoms with Crippen LogP contribution >= 0.6 is 11.3 Å². The number of thiophene rings is 1. The number of carboxylic acids is 1. The van der Waals surface area contributed by atoms with Crippen molar-refractivity contribution in [1.82, 2.24) is 9.88 Å². The molecule has 0 aliphatic heterocycles. The fraction of sp³-hybridized carbons (Fsp3) is 0.190. The quantitative estimate of drug-likeness (QED) is 0.537. The highest BCUT2D eigenvalue weighted by atomic mass is 32.1. The first kappa shape index (κ1) is 21.1. The van der Waals surface area contributed by atoms with Gasteiger partial charge in [-0.25, -0.2) is 9.69 Å². The maximum atomic E-state index is 12.9. The van der Waals surface area contributed by atoms with Gasteiger partial charge in [-0.15, -0.1) is 11.3 Å². The summed E-state index contributed by atoms with van der Waals surface area (Å²) in [7, 11) is 1.51. The van der Waals surface area contributed by atoms with E-state index >= 15 is 0 Å². The highest BCUT2D eigenvalue weighted by molar-refractivity contribution is 7.16. The predicted molar refractivity (Wildman–Crippen MR) is 115 cm³/mol. The lowest BCUT2D eigenvalue weighted by molar-refractivity contribution is -0.136. The van der Waals surface area contributed by atoms with Crippen LogP contribution in [0.1, 0.15) is 16.9 Å². The van der Waals surface area contributed by atoms with Crippen molar-refractivity contribution in [3.8, 4) is 5.75 Å². The third kappa shape index (κ3) is 4.87. The summed E-state index contributed by atoms with van der Waals surface area (Å²) in [6.45, 7) is -0.110. The lowest BCUT2D eigenvalue weighted by Crippen LogP contribution is -2.40. The molecule has 2 aromatic heterocycles. The van der Waals surface area contributed by atoms with E-state index in [1.165, 1.54) is 35.2 Å². The van der Waals surface area contributed by atoms with Gasteiger partial charge < -0.3 is 20.1 Å². The summed E-state index contributed by atoms with van der Waals surface area (Å²) in [5, 5.41) is 22.1. The number of aromatic nitrogens is 1. The van der Waals surface area contributed by atoms with E-state index in [1.807, 2.05) is 36.4 Å². The molecule has 0 aliphatic carbocycles. The monoisotopic (exact) mass is 427 g/mol. The Bertz CT molecular complexity index is 1110. The Hall–Kier alpha value is -3.59. The number of aromatic hydroxyl groups is 1. The van der Waals surface area contributed by atoms with Crippen LogP contribution < -0.4 is 15.8 Å². The van der Waals surface area contributed by atoms with Crippen molar-refractivity contribution >= 4 is 34.0 Å². The number of amides is 2. The van der Waals surface area contributed by atoms with Crippen molar-refractivity contribution in [3.63, 3.8) is 0 Å². The number of urea groups is 1. The molecule has 0 saturated heterocycles. The number of aliphatic carboxylic acids is 1. The number of hydrogen-bond acceptors (Lipinski definition) is 5. The van der Waals surface area contributed by atoms with Crippen LogP contribution in [0.5, 0.6) is 5.75 Å². The number of rotatable bonds is 7. The van der Waals surface area contributed by atoms with Gasteiger partial charge in [-0.2, -0.15) is 0 Å². The molecule has 3 rings (SSSR count). The number of carbonyl (C=O) groups is 2. The van der Waals surface area contributed by atoms with Crippen LogP contribution in [0.2, 0.25) is 0 Å². The fourth-order valence-electron chi connectivity index (χ4n) is 2.86. The second-order valence-electron chi connectivity index (χ2n) is 6.58. The van der Waals surface area contributed by atoms with Crippen molar-refractivity contribution in [2.75, 3.05) is 11.4 Å². The summed E-state index contributed by atoms with van der Waals surface area (Å²) in [6.07, 6.45) is 1.79. The molecule has 9 heteroatoms. The van der Waals surface area contributed by atoms with Gasteiger partial charge in [0, 0.05) is 31.1 Å². The number of carboxylic acid groups (broad SMARTS) is 1. The summed E-state index contributed by atoms with van der Waals surface area (Å²) >= 11 is 1.31. The zero-order chi connectivity index (χ0) is 21.7. The van der Waals surface area contributed by atoms with E-state index < -0.39 is 17.6 Å². The summed E-state index contributed by atoms with van der Waals surface area (Å²) < 4.78 is 1.26. The van der Waals surface area contributed by atoms with Gasteiger partial charge in [0.15, 0.2) is 5.69 Å². The molecular weight excluding hydrogens is 406 g/mol. The van der Waals surface area contributed by atoms with Crippen LogP contribution in [-0.2, 0) is 18.3 Å². The van der Waals surface area contributed by atoms with E-state index in [0.29, 0.717) is 11.4 Å². The molecule has 1 aromatic carbocycles. The third-order valence-corrected chi connectivity index (χ3v) is 5.42. The van der Waals surface area contributed by atoms with Gasteiger partial charge in [0.25, 0.3) is 5.56 Å². The number of nitrogens with one attached hydrogen (secondary N) is 1. The number of anilines is 2. The zero-order valence-corrected chi connectivity index (χ0v) is 17.1. The summed E-state index contributed by atoms with van der Waals surface area (Å²) in [6, 6.07) is 14.0. The normalized spacial score (nSPS) is 10.6. The van der Waals surface area contributed by atoms with Crippen molar-refractivity contribution < 1.29 is 19.8 Å². The first-order chi connectivity index (χ1) is 14.4. The highest BCUT2D eigenvalue weighted by Crippen LogP contribution is 2.35. The second kappa shape index (κ2) is 9.27. The van der Waals surface area contributed by atoms with Crippen molar-refractivity contribution in [3.05, 3.63) is 75.5 Å². The SMILES string of the molecule is Cn1ccc(O)c(N(C(=O)NCCC(=O)O)c2ccc(Cc3ccccc3)s2)c1=O. The van der Waals surface area contributed by atoms with Gasteiger partial charge >= 0.3 is 12.0 Å². The molecule has 0 unspecified atom stereocenters. The Morgan fingerprint density at radius 1 is 1.13 bits per heavy atom. The number of benzene rings is 1. The van der Waals surface area contributed by atoms with E-state index in [9.17, 15) is 19.5 Å². The molecule has 0 spiro atoms. The minimum Gasteiger partial charge on any atom is -0.505 e. The Morgan fingerprint density at radius 3 is 2.57 bits per heavy atom. The number of pyridine rings is 1. The van der Waals surface area contributed by atoms with Crippen LogP contribution in [0.3, 0.4) is 0 Å². The first-order valence-electron chi connectivity index (χ1n) is 9.18. The van der Waals surface area contributed by atoms with Gasteiger partial charge in [-0.05, 0) is 23.8 Å². The second-order valence-corrected chi connectivity index (χ2v) is 7.73. The van der Waals surface area contributed by atoms with Gasteiger partial charge in [0.05, 0.1) is 6.42 Å². The summed E-state index contributed by atoms with van der Waals surface area (Å²) in [5.74, 6) is -1.40. The highest BCUT2D eigenvalue weighted by Gasteiger charge is 2.26. The van der Waals surface area contributed by atoms with Gasteiger partial charge in [-0.3, -0.25) is 9.59 Å². The average molecular weight is 427 g/mol. The topological polar surface area (TPSA) is 112 Å². The molecule has 0 bridgehead atoms. The predicted octanol–water partition coefficient (Wildman–Crippen LogP) is 3.07. The average Bonchev–Trinajstić information content (AvgIpc) is 3.16.